The van der Waals surface area contributed by atoms with Crippen molar-refractivity contribution in [3.63, 3.8) is 0 Å². The van der Waals surface area contributed by atoms with Crippen LogP contribution in [0.15, 0.2) is 42.7 Å². The van der Waals surface area contributed by atoms with Crippen LogP contribution in [0.25, 0.3) is 21.9 Å². The number of hydrogen-bond donors (Lipinski definition) is 3. The zero-order chi connectivity index (χ0) is 17.9. The molecular formula is C20H22FN5. The van der Waals surface area contributed by atoms with Crippen molar-refractivity contribution < 1.29 is 4.39 Å². The molecule has 6 heteroatoms. The number of anilines is 2. The van der Waals surface area contributed by atoms with Gasteiger partial charge < -0.3 is 16.4 Å². The Morgan fingerprint density at radius 2 is 2.12 bits per heavy atom. The molecule has 1 atom stereocenters. The number of benzene rings is 1. The summed E-state index contributed by atoms with van der Waals surface area (Å²) in [6.45, 7) is 1.99. The summed E-state index contributed by atoms with van der Waals surface area (Å²) in [5.74, 6) is -0.382. The summed E-state index contributed by atoms with van der Waals surface area (Å²) in [7, 11) is 0. The summed E-state index contributed by atoms with van der Waals surface area (Å²) in [5, 5.41) is 9.16. The van der Waals surface area contributed by atoms with Gasteiger partial charge in [-0.1, -0.05) is 6.42 Å². The number of nitrogens with one attached hydrogen (secondary N) is 2. The van der Waals surface area contributed by atoms with Gasteiger partial charge in [0.05, 0.1) is 0 Å². The third-order valence-corrected chi connectivity index (χ3v) is 4.84. The first kappa shape index (κ1) is 16.7. The number of hydrogen-bond acceptors (Lipinski definition) is 5. The van der Waals surface area contributed by atoms with E-state index in [9.17, 15) is 4.39 Å². The van der Waals surface area contributed by atoms with Crippen LogP contribution in [0.3, 0.4) is 0 Å². The van der Waals surface area contributed by atoms with E-state index in [0.29, 0.717) is 11.6 Å². The van der Waals surface area contributed by atoms with Gasteiger partial charge in [0.15, 0.2) is 0 Å². The smallest absolute Gasteiger partial charge is 0.222 e. The van der Waals surface area contributed by atoms with E-state index in [4.69, 9.17) is 5.73 Å². The molecule has 3 heterocycles. The number of nitrogens with two attached hydrogens (primary N) is 1. The largest absolute Gasteiger partial charge is 0.384 e. The van der Waals surface area contributed by atoms with Crippen LogP contribution in [0.1, 0.15) is 19.3 Å². The monoisotopic (exact) mass is 351 g/mol. The molecule has 2 aromatic heterocycles. The van der Waals surface area contributed by atoms with Crippen LogP contribution in [0, 0.1) is 5.95 Å². The summed E-state index contributed by atoms with van der Waals surface area (Å²) in [6, 6.07) is 9.56. The zero-order valence-corrected chi connectivity index (χ0v) is 14.5. The van der Waals surface area contributed by atoms with Crippen LogP contribution in [0.2, 0.25) is 0 Å². The van der Waals surface area contributed by atoms with Crippen molar-refractivity contribution in [2.75, 3.05) is 24.1 Å². The lowest BCUT2D eigenvalue weighted by molar-refractivity contribution is 0.589. The van der Waals surface area contributed by atoms with Crippen LogP contribution >= 0.6 is 0 Å². The van der Waals surface area contributed by atoms with Crippen molar-refractivity contribution in [3.8, 4) is 11.1 Å². The lowest BCUT2D eigenvalue weighted by Gasteiger charge is -2.20. The summed E-state index contributed by atoms with van der Waals surface area (Å²) < 4.78 is 14.3. The molecule has 0 amide bonds. The summed E-state index contributed by atoms with van der Waals surface area (Å²) >= 11 is 0. The highest BCUT2D eigenvalue weighted by Crippen LogP contribution is 2.32. The van der Waals surface area contributed by atoms with E-state index in [2.05, 4.69) is 20.6 Å². The van der Waals surface area contributed by atoms with Crippen molar-refractivity contribution in [1.82, 2.24) is 15.3 Å². The van der Waals surface area contributed by atoms with Gasteiger partial charge in [-0.2, -0.15) is 4.39 Å². The van der Waals surface area contributed by atoms with Crippen molar-refractivity contribution in [1.29, 1.82) is 0 Å². The van der Waals surface area contributed by atoms with Gasteiger partial charge in [-0.05, 0) is 55.3 Å². The van der Waals surface area contributed by atoms with E-state index in [1.165, 1.54) is 12.8 Å². The number of pyridine rings is 2. The predicted octanol–water partition coefficient (Wildman–Crippen LogP) is 3.57. The minimum Gasteiger partial charge on any atom is -0.384 e. The van der Waals surface area contributed by atoms with Gasteiger partial charge >= 0.3 is 0 Å². The Morgan fingerprint density at radius 1 is 1.19 bits per heavy atom. The first-order valence-corrected chi connectivity index (χ1v) is 8.98. The molecule has 134 valence electrons. The van der Waals surface area contributed by atoms with Gasteiger partial charge in [-0.15, -0.1) is 0 Å². The van der Waals surface area contributed by atoms with E-state index in [0.717, 1.165) is 41.5 Å². The fourth-order valence-electron chi connectivity index (χ4n) is 3.51. The number of nitrogens with zero attached hydrogens (tertiary/aromatic N) is 2. The third kappa shape index (κ3) is 3.46. The number of nitrogen functional groups attached to an aromatic ring is 1. The maximum Gasteiger partial charge on any atom is 0.222 e. The van der Waals surface area contributed by atoms with Crippen LogP contribution in [0.4, 0.5) is 15.9 Å². The molecular weight excluding hydrogens is 329 g/mol. The Kier molecular flexibility index (Phi) is 4.67. The highest BCUT2D eigenvalue weighted by Gasteiger charge is 2.15. The van der Waals surface area contributed by atoms with Crippen LogP contribution in [-0.4, -0.2) is 29.1 Å². The molecule has 0 unspecified atom stereocenters. The number of rotatable bonds is 3. The molecule has 1 aromatic carbocycles. The van der Waals surface area contributed by atoms with E-state index >= 15 is 0 Å². The van der Waals surface area contributed by atoms with Crippen LogP contribution < -0.4 is 16.4 Å². The second-order valence-electron chi connectivity index (χ2n) is 6.74. The molecule has 0 bridgehead atoms. The molecule has 26 heavy (non-hydrogen) atoms. The third-order valence-electron chi connectivity index (χ3n) is 4.84. The number of fused-ring (bicyclic) bond motifs is 1. The molecule has 0 radical (unpaired) electrons. The summed E-state index contributed by atoms with van der Waals surface area (Å²) in [5.41, 5.74) is 7.78. The molecule has 4 rings (SSSR count). The van der Waals surface area contributed by atoms with Crippen molar-refractivity contribution in [2.45, 2.75) is 25.3 Å². The standard InChI is InChI=1S/C20H22FN5/c21-20-17(4-5-19(22)26-20)13-9-14-11-24-8-6-16(14)18(10-13)25-15-3-1-2-7-23-12-15/h4-6,8-11,15,23,25H,1-3,7,12H2,(H2,22,26)/t15-/m0/s1. The molecule has 1 fully saturated rings. The predicted molar refractivity (Wildman–Crippen MR) is 103 cm³/mol. The topological polar surface area (TPSA) is 75.9 Å². The minimum absolute atomic E-state index is 0.177. The average Bonchev–Trinajstić information content (AvgIpc) is 2.90. The zero-order valence-electron chi connectivity index (χ0n) is 14.5. The Bertz CT molecular complexity index is 919. The molecule has 4 N–H and O–H groups in total. The maximum absolute atomic E-state index is 14.3. The van der Waals surface area contributed by atoms with Gasteiger partial charge in [0.25, 0.3) is 0 Å². The number of halogens is 1. The molecule has 0 aliphatic carbocycles. The van der Waals surface area contributed by atoms with Crippen molar-refractivity contribution >= 4 is 22.3 Å². The second kappa shape index (κ2) is 7.25. The van der Waals surface area contributed by atoms with Gasteiger partial charge in [-0.25, -0.2) is 4.98 Å². The SMILES string of the molecule is Nc1ccc(-c2cc(N[C@H]3CCCCNC3)c3ccncc3c2)c(F)n1. The Morgan fingerprint density at radius 3 is 3.00 bits per heavy atom. The summed E-state index contributed by atoms with van der Waals surface area (Å²) in [6.07, 6.45) is 7.09. The lowest BCUT2D eigenvalue weighted by Crippen LogP contribution is -2.30. The molecule has 1 saturated heterocycles. The molecule has 1 aliphatic rings. The Hall–Kier alpha value is -2.73. The van der Waals surface area contributed by atoms with E-state index in [1.807, 2.05) is 18.2 Å². The highest BCUT2D eigenvalue weighted by molar-refractivity contribution is 5.97. The first-order valence-electron chi connectivity index (χ1n) is 8.98. The quantitative estimate of drug-likeness (QED) is 0.629. The molecule has 1 aliphatic heterocycles. The summed E-state index contributed by atoms with van der Waals surface area (Å²) in [4.78, 5) is 7.97. The molecule has 3 aromatic rings. The van der Waals surface area contributed by atoms with E-state index in [-0.39, 0.29) is 5.82 Å². The maximum atomic E-state index is 14.3. The minimum atomic E-state index is -0.560. The number of aromatic nitrogens is 2. The van der Waals surface area contributed by atoms with Gasteiger partial charge in [0, 0.05) is 47.0 Å². The van der Waals surface area contributed by atoms with Crippen molar-refractivity contribution in [3.05, 3.63) is 48.7 Å². The van der Waals surface area contributed by atoms with Crippen molar-refractivity contribution in [2.24, 2.45) is 0 Å². The fraction of sp³-hybridized carbons (Fsp3) is 0.300. The molecule has 0 saturated carbocycles. The van der Waals surface area contributed by atoms with Crippen LogP contribution in [0.5, 0.6) is 0 Å². The van der Waals surface area contributed by atoms with E-state index in [1.54, 1.807) is 24.5 Å². The van der Waals surface area contributed by atoms with E-state index < -0.39 is 5.95 Å². The van der Waals surface area contributed by atoms with Gasteiger partial charge in [-0.3, -0.25) is 4.98 Å². The van der Waals surface area contributed by atoms with Gasteiger partial charge in [0.1, 0.15) is 5.82 Å². The Balaban J connectivity index is 1.77. The average molecular weight is 351 g/mol. The second-order valence-corrected chi connectivity index (χ2v) is 6.74. The first-order chi connectivity index (χ1) is 12.7. The Labute approximate surface area is 151 Å². The van der Waals surface area contributed by atoms with Crippen LogP contribution in [-0.2, 0) is 0 Å². The van der Waals surface area contributed by atoms with Gasteiger partial charge in [0.2, 0.25) is 5.95 Å². The lowest BCUT2D eigenvalue weighted by atomic mass is 10.0. The fourth-order valence-corrected chi connectivity index (χ4v) is 3.51. The highest BCUT2D eigenvalue weighted by atomic mass is 19.1. The molecule has 5 nitrogen and oxygen atoms in total. The molecule has 0 spiro atoms. The normalized spacial score (nSPS) is 17.8.